The molecule has 112 valence electrons. The predicted molar refractivity (Wildman–Crippen MR) is 89.6 cm³/mol. The smallest absolute Gasteiger partial charge is 0.287 e. The summed E-state index contributed by atoms with van der Waals surface area (Å²) in [5.74, 6) is -0.0175. The molecule has 0 spiro atoms. The molecular weight excluding hydrogens is 386 g/mol. The summed E-state index contributed by atoms with van der Waals surface area (Å²) >= 11 is 5.96. The lowest BCUT2D eigenvalue weighted by molar-refractivity contribution is 0.0922. The maximum Gasteiger partial charge on any atom is 0.287 e. The summed E-state index contributed by atoms with van der Waals surface area (Å²) in [5, 5.41) is 4.64. The molecular formula is C15H10BrNO3S2. The third-order valence-corrected chi connectivity index (χ3v) is 5.23. The molecule has 0 fully saturated rings. The Hall–Kier alpha value is -1.70. The van der Waals surface area contributed by atoms with Gasteiger partial charge in [-0.1, -0.05) is 6.07 Å². The Labute approximate surface area is 142 Å². The van der Waals surface area contributed by atoms with E-state index in [4.69, 9.17) is 4.42 Å². The van der Waals surface area contributed by atoms with Crippen molar-refractivity contribution in [2.45, 2.75) is 6.54 Å². The van der Waals surface area contributed by atoms with Gasteiger partial charge in [0.15, 0.2) is 10.4 Å². The normalized spacial score (nSPS) is 10.6. The summed E-state index contributed by atoms with van der Waals surface area (Å²) in [6.07, 6.45) is 0. The summed E-state index contributed by atoms with van der Waals surface area (Å²) in [5.41, 5.74) is 0. The number of carbonyl (C=O) groups is 2. The summed E-state index contributed by atoms with van der Waals surface area (Å²) in [6, 6.07) is 10.6. The predicted octanol–water partition coefficient (Wildman–Crippen LogP) is 4.33. The molecule has 0 aliphatic carbocycles. The Morgan fingerprint density at radius 3 is 2.68 bits per heavy atom. The fourth-order valence-corrected chi connectivity index (χ4v) is 3.77. The van der Waals surface area contributed by atoms with E-state index in [9.17, 15) is 9.59 Å². The minimum absolute atomic E-state index is 0.0209. The molecule has 0 aliphatic heterocycles. The maximum absolute atomic E-state index is 12.2. The summed E-state index contributed by atoms with van der Waals surface area (Å²) in [6.45, 7) is 0.361. The molecule has 1 amide bonds. The van der Waals surface area contributed by atoms with Gasteiger partial charge >= 0.3 is 0 Å². The second-order valence-electron chi connectivity index (χ2n) is 4.36. The van der Waals surface area contributed by atoms with Crippen molar-refractivity contribution in [3.63, 3.8) is 0 Å². The van der Waals surface area contributed by atoms with Crippen molar-refractivity contribution in [2.75, 3.05) is 0 Å². The first-order chi connectivity index (χ1) is 10.6. The van der Waals surface area contributed by atoms with Crippen molar-refractivity contribution in [1.82, 2.24) is 5.32 Å². The molecule has 4 nitrogen and oxygen atoms in total. The van der Waals surface area contributed by atoms with Gasteiger partial charge in [0, 0.05) is 4.88 Å². The standard InChI is InChI=1S/C15H10BrNO3S2/c16-13-6-4-10(20-13)15(19)17-8-9-3-5-12(22-9)14(18)11-2-1-7-21-11/h1-7H,8H2,(H,17,19). The van der Waals surface area contributed by atoms with Gasteiger partial charge in [-0.2, -0.15) is 0 Å². The molecule has 0 radical (unpaired) electrons. The van der Waals surface area contributed by atoms with Crippen LogP contribution in [0.5, 0.6) is 0 Å². The van der Waals surface area contributed by atoms with Gasteiger partial charge in [-0.3, -0.25) is 9.59 Å². The highest BCUT2D eigenvalue weighted by atomic mass is 79.9. The van der Waals surface area contributed by atoms with Crippen molar-refractivity contribution in [3.8, 4) is 0 Å². The summed E-state index contributed by atoms with van der Waals surface area (Å²) in [7, 11) is 0. The fraction of sp³-hybridized carbons (Fsp3) is 0.0667. The Morgan fingerprint density at radius 1 is 1.14 bits per heavy atom. The van der Waals surface area contributed by atoms with Crippen molar-refractivity contribution in [2.24, 2.45) is 0 Å². The van der Waals surface area contributed by atoms with Gasteiger partial charge in [-0.05, 0) is 51.6 Å². The first kappa shape index (κ1) is 15.2. The molecule has 3 rings (SSSR count). The molecule has 0 saturated carbocycles. The van der Waals surface area contributed by atoms with Crippen LogP contribution in [0.1, 0.15) is 30.0 Å². The number of nitrogens with one attached hydrogen (secondary N) is 1. The van der Waals surface area contributed by atoms with E-state index in [2.05, 4.69) is 21.2 Å². The van der Waals surface area contributed by atoms with E-state index < -0.39 is 0 Å². The molecule has 7 heteroatoms. The molecule has 0 saturated heterocycles. The highest BCUT2D eigenvalue weighted by Gasteiger charge is 2.14. The van der Waals surface area contributed by atoms with Gasteiger partial charge in [0.2, 0.25) is 5.78 Å². The minimum atomic E-state index is -0.287. The van der Waals surface area contributed by atoms with E-state index in [0.717, 1.165) is 9.75 Å². The van der Waals surface area contributed by atoms with Crippen LogP contribution >= 0.6 is 38.6 Å². The van der Waals surface area contributed by atoms with Crippen molar-refractivity contribution in [3.05, 3.63) is 66.8 Å². The highest BCUT2D eigenvalue weighted by Crippen LogP contribution is 2.22. The number of furan rings is 1. The fourth-order valence-electron chi connectivity index (χ4n) is 1.81. The second kappa shape index (κ2) is 6.60. The van der Waals surface area contributed by atoms with Crippen LogP contribution in [-0.2, 0) is 6.54 Å². The zero-order chi connectivity index (χ0) is 15.5. The van der Waals surface area contributed by atoms with Gasteiger partial charge in [0.25, 0.3) is 5.91 Å². The number of ketones is 1. The highest BCUT2D eigenvalue weighted by molar-refractivity contribution is 9.10. The van der Waals surface area contributed by atoms with E-state index in [1.54, 1.807) is 18.2 Å². The molecule has 0 bridgehead atoms. The summed E-state index contributed by atoms with van der Waals surface area (Å²) in [4.78, 5) is 26.4. The lowest BCUT2D eigenvalue weighted by Crippen LogP contribution is -2.21. The van der Waals surface area contributed by atoms with Crippen LogP contribution in [0.15, 0.2) is 50.9 Å². The zero-order valence-electron chi connectivity index (χ0n) is 11.2. The molecule has 3 heterocycles. The zero-order valence-corrected chi connectivity index (χ0v) is 14.4. The third-order valence-electron chi connectivity index (χ3n) is 2.85. The lowest BCUT2D eigenvalue weighted by atomic mass is 10.3. The average Bonchev–Trinajstić information content (AvgIpc) is 3.25. The van der Waals surface area contributed by atoms with Crippen LogP contribution in [0.3, 0.4) is 0 Å². The number of amides is 1. The Kier molecular flexibility index (Phi) is 4.56. The lowest BCUT2D eigenvalue weighted by Gasteiger charge is -2.00. The first-order valence-electron chi connectivity index (χ1n) is 6.34. The number of hydrogen-bond acceptors (Lipinski definition) is 5. The van der Waals surface area contributed by atoms with E-state index in [-0.39, 0.29) is 17.5 Å². The molecule has 0 aromatic carbocycles. The number of halogens is 1. The van der Waals surface area contributed by atoms with E-state index >= 15 is 0 Å². The van der Waals surface area contributed by atoms with E-state index in [0.29, 0.717) is 16.1 Å². The van der Waals surface area contributed by atoms with Crippen LogP contribution in [0.4, 0.5) is 0 Å². The SMILES string of the molecule is O=C(NCc1ccc(C(=O)c2cccs2)s1)c1ccc(Br)o1. The van der Waals surface area contributed by atoms with Crippen LogP contribution in [0.2, 0.25) is 0 Å². The van der Waals surface area contributed by atoms with E-state index in [1.165, 1.54) is 22.7 Å². The average molecular weight is 396 g/mol. The van der Waals surface area contributed by atoms with Crippen molar-refractivity contribution in [1.29, 1.82) is 0 Å². The van der Waals surface area contributed by atoms with Crippen LogP contribution in [-0.4, -0.2) is 11.7 Å². The molecule has 0 unspecified atom stereocenters. The molecule has 3 aromatic rings. The second-order valence-corrected chi connectivity index (χ2v) is 7.26. The first-order valence-corrected chi connectivity index (χ1v) is 8.83. The number of hydrogen-bond donors (Lipinski definition) is 1. The van der Waals surface area contributed by atoms with Crippen molar-refractivity contribution >= 4 is 50.3 Å². The van der Waals surface area contributed by atoms with Gasteiger partial charge in [0.05, 0.1) is 16.3 Å². The van der Waals surface area contributed by atoms with E-state index in [1.807, 2.05) is 23.6 Å². The Morgan fingerprint density at radius 2 is 2.00 bits per heavy atom. The molecule has 3 aromatic heterocycles. The molecule has 22 heavy (non-hydrogen) atoms. The number of thiophene rings is 2. The largest absolute Gasteiger partial charge is 0.444 e. The monoisotopic (exact) mass is 395 g/mol. The number of rotatable bonds is 5. The molecule has 0 aliphatic rings. The Bertz CT molecular complexity index is 804. The summed E-state index contributed by atoms with van der Waals surface area (Å²) < 4.78 is 5.69. The van der Waals surface area contributed by atoms with Gasteiger partial charge in [-0.15, -0.1) is 22.7 Å². The van der Waals surface area contributed by atoms with Gasteiger partial charge in [0.1, 0.15) is 0 Å². The minimum Gasteiger partial charge on any atom is -0.444 e. The van der Waals surface area contributed by atoms with Crippen LogP contribution in [0, 0.1) is 0 Å². The molecule has 1 N–H and O–H groups in total. The van der Waals surface area contributed by atoms with Crippen LogP contribution < -0.4 is 5.32 Å². The van der Waals surface area contributed by atoms with Gasteiger partial charge < -0.3 is 9.73 Å². The van der Waals surface area contributed by atoms with Gasteiger partial charge in [-0.25, -0.2) is 0 Å². The topological polar surface area (TPSA) is 59.3 Å². The number of carbonyl (C=O) groups excluding carboxylic acids is 2. The maximum atomic E-state index is 12.2. The third kappa shape index (κ3) is 3.37. The van der Waals surface area contributed by atoms with Crippen molar-refractivity contribution < 1.29 is 14.0 Å². The van der Waals surface area contributed by atoms with Crippen LogP contribution in [0.25, 0.3) is 0 Å². The molecule has 0 atom stereocenters. The quantitative estimate of drug-likeness (QED) is 0.654. The Balaban J connectivity index is 1.62.